The molecule has 2 N–H and O–H groups in total. The molecule has 0 fully saturated rings. The van der Waals surface area contributed by atoms with Gasteiger partial charge in [-0.15, -0.1) is 0 Å². The van der Waals surface area contributed by atoms with Gasteiger partial charge < -0.3 is 10.5 Å². The van der Waals surface area contributed by atoms with Crippen LogP contribution >= 0.6 is 11.6 Å². The van der Waals surface area contributed by atoms with Crippen molar-refractivity contribution in [3.63, 3.8) is 0 Å². The molecule has 0 aliphatic carbocycles. The average molecular weight is 260 g/mol. The molecular formula is C13H19ClFNO. The highest BCUT2D eigenvalue weighted by molar-refractivity contribution is 6.30. The van der Waals surface area contributed by atoms with E-state index in [0.29, 0.717) is 12.0 Å². The molecule has 2 unspecified atom stereocenters. The lowest BCUT2D eigenvalue weighted by Gasteiger charge is -2.22. The summed E-state index contributed by atoms with van der Waals surface area (Å²) in [7, 11) is 1.63. The van der Waals surface area contributed by atoms with E-state index in [4.69, 9.17) is 22.1 Å². The fourth-order valence-electron chi connectivity index (χ4n) is 1.88. The second-order valence-electron chi connectivity index (χ2n) is 4.14. The zero-order valence-corrected chi connectivity index (χ0v) is 11.0. The molecule has 0 heterocycles. The van der Waals surface area contributed by atoms with Crippen molar-refractivity contribution in [2.75, 3.05) is 7.11 Å². The van der Waals surface area contributed by atoms with Crippen LogP contribution in [0.2, 0.25) is 5.02 Å². The predicted octanol–water partition coefficient (Wildman–Crippen LogP) is 3.16. The van der Waals surface area contributed by atoms with E-state index in [-0.39, 0.29) is 23.0 Å². The minimum atomic E-state index is -0.379. The third kappa shape index (κ3) is 3.95. The summed E-state index contributed by atoms with van der Waals surface area (Å²) in [6.07, 6.45) is 2.26. The lowest BCUT2D eigenvalue weighted by atomic mass is 9.99. The molecule has 2 nitrogen and oxygen atoms in total. The molecule has 1 rings (SSSR count). The Hall–Kier alpha value is -0.640. The molecule has 0 radical (unpaired) electrons. The van der Waals surface area contributed by atoms with E-state index in [1.165, 1.54) is 6.07 Å². The first kappa shape index (κ1) is 14.4. The van der Waals surface area contributed by atoms with Gasteiger partial charge in [-0.1, -0.05) is 37.1 Å². The van der Waals surface area contributed by atoms with Crippen LogP contribution in [0, 0.1) is 5.82 Å². The first-order chi connectivity index (χ1) is 8.10. The van der Waals surface area contributed by atoms with Crippen molar-refractivity contribution in [1.82, 2.24) is 0 Å². The molecule has 1 aromatic carbocycles. The number of hydrogen-bond donors (Lipinski definition) is 1. The zero-order chi connectivity index (χ0) is 12.8. The minimum Gasteiger partial charge on any atom is -0.380 e. The fourth-order valence-corrected chi connectivity index (χ4v) is 2.08. The van der Waals surface area contributed by atoms with Gasteiger partial charge in [0.1, 0.15) is 5.82 Å². The first-order valence-electron chi connectivity index (χ1n) is 5.81. The van der Waals surface area contributed by atoms with E-state index in [9.17, 15) is 4.39 Å². The average Bonchev–Trinajstić information content (AvgIpc) is 2.31. The Morgan fingerprint density at radius 2 is 2.18 bits per heavy atom. The van der Waals surface area contributed by atoms with E-state index < -0.39 is 0 Å². The van der Waals surface area contributed by atoms with E-state index in [2.05, 4.69) is 6.92 Å². The van der Waals surface area contributed by atoms with Crippen molar-refractivity contribution in [2.45, 2.75) is 38.3 Å². The largest absolute Gasteiger partial charge is 0.380 e. The van der Waals surface area contributed by atoms with Crippen LogP contribution in [0.1, 0.15) is 25.3 Å². The fraction of sp³-hybridized carbons (Fsp3) is 0.538. The molecule has 1 aromatic rings. The number of rotatable bonds is 6. The van der Waals surface area contributed by atoms with Crippen LogP contribution in [-0.4, -0.2) is 19.3 Å². The van der Waals surface area contributed by atoms with E-state index >= 15 is 0 Å². The van der Waals surface area contributed by atoms with Crippen LogP contribution in [0.15, 0.2) is 18.2 Å². The summed E-state index contributed by atoms with van der Waals surface area (Å²) in [5.41, 5.74) is 6.58. The lowest BCUT2D eigenvalue weighted by Crippen LogP contribution is -2.38. The Labute approximate surface area is 107 Å². The van der Waals surface area contributed by atoms with Crippen molar-refractivity contribution < 1.29 is 9.13 Å². The second-order valence-corrected chi connectivity index (χ2v) is 4.55. The summed E-state index contributed by atoms with van der Waals surface area (Å²) < 4.78 is 19.0. The van der Waals surface area contributed by atoms with Gasteiger partial charge in [0.15, 0.2) is 0 Å². The highest BCUT2D eigenvalue weighted by Crippen LogP contribution is 2.20. The van der Waals surface area contributed by atoms with Crippen molar-refractivity contribution in [1.29, 1.82) is 0 Å². The third-order valence-electron chi connectivity index (χ3n) is 2.84. The van der Waals surface area contributed by atoms with Gasteiger partial charge in [-0.05, 0) is 24.5 Å². The number of hydrogen-bond acceptors (Lipinski definition) is 2. The molecule has 0 spiro atoms. The smallest absolute Gasteiger partial charge is 0.145 e. The summed E-state index contributed by atoms with van der Waals surface area (Å²) in [5, 5.41) is 0.138. The summed E-state index contributed by atoms with van der Waals surface area (Å²) in [4.78, 5) is 0. The van der Waals surface area contributed by atoms with Gasteiger partial charge in [-0.2, -0.15) is 0 Å². The molecule has 0 aromatic heterocycles. The summed E-state index contributed by atoms with van der Waals surface area (Å²) in [5.74, 6) is -0.379. The van der Waals surface area contributed by atoms with Gasteiger partial charge in [-0.25, -0.2) is 4.39 Å². The van der Waals surface area contributed by atoms with Crippen molar-refractivity contribution in [3.8, 4) is 0 Å². The van der Waals surface area contributed by atoms with E-state index in [0.717, 1.165) is 12.8 Å². The standard InChI is InChI=1S/C13H19ClFNO/c1-3-5-12(17-2)11(16)8-9-6-4-7-10(14)13(9)15/h4,6-7,11-12H,3,5,8,16H2,1-2H3. The molecule has 0 aliphatic rings. The molecule has 17 heavy (non-hydrogen) atoms. The molecule has 0 bridgehead atoms. The predicted molar refractivity (Wildman–Crippen MR) is 68.8 cm³/mol. The van der Waals surface area contributed by atoms with Crippen molar-refractivity contribution in [3.05, 3.63) is 34.6 Å². The summed E-state index contributed by atoms with van der Waals surface area (Å²) in [6, 6.07) is 4.76. The third-order valence-corrected chi connectivity index (χ3v) is 3.13. The number of halogens is 2. The Bertz CT molecular complexity index is 359. The molecule has 4 heteroatoms. The van der Waals surface area contributed by atoms with Crippen LogP contribution < -0.4 is 5.73 Å². The number of ether oxygens (including phenoxy) is 1. The first-order valence-corrected chi connectivity index (χ1v) is 6.19. The van der Waals surface area contributed by atoms with Gasteiger partial charge in [0.2, 0.25) is 0 Å². The molecule has 2 atom stereocenters. The van der Waals surface area contributed by atoms with Gasteiger partial charge in [0, 0.05) is 13.2 Å². The minimum absolute atomic E-state index is 0.0432. The monoisotopic (exact) mass is 259 g/mol. The van der Waals surface area contributed by atoms with Crippen LogP contribution in [0.3, 0.4) is 0 Å². The normalized spacial score (nSPS) is 14.6. The molecule has 96 valence electrons. The van der Waals surface area contributed by atoms with Crippen LogP contribution in [0.25, 0.3) is 0 Å². The highest BCUT2D eigenvalue weighted by Gasteiger charge is 2.18. The summed E-state index contributed by atoms with van der Waals surface area (Å²) in [6.45, 7) is 2.07. The van der Waals surface area contributed by atoms with Crippen molar-refractivity contribution >= 4 is 11.6 Å². The quantitative estimate of drug-likeness (QED) is 0.852. The Morgan fingerprint density at radius 1 is 1.47 bits per heavy atom. The van der Waals surface area contributed by atoms with Crippen LogP contribution in [0.5, 0.6) is 0 Å². The molecule has 0 saturated heterocycles. The maximum atomic E-state index is 13.7. The zero-order valence-electron chi connectivity index (χ0n) is 10.2. The molecule has 0 aliphatic heterocycles. The molecule has 0 amide bonds. The van der Waals surface area contributed by atoms with E-state index in [1.54, 1.807) is 19.2 Å². The van der Waals surface area contributed by atoms with Crippen LogP contribution in [-0.2, 0) is 11.2 Å². The molecule has 0 saturated carbocycles. The van der Waals surface area contributed by atoms with Gasteiger partial charge in [0.25, 0.3) is 0 Å². The van der Waals surface area contributed by atoms with E-state index in [1.807, 2.05) is 0 Å². The molecular weight excluding hydrogens is 241 g/mol. The maximum Gasteiger partial charge on any atom is 0.145 e. The number of benzene rings is 1. The number of methoxy groups -OCH3 is 1. The van der Waals surface area contributed by atoms with Gasteiger partial charge >= 0.3 is 0 Å². The van der Waals surface area contributed by atoms with Gasteiger partial charge in [-0.3, -0.25) is 0 Å². The lowest BCUT2D eigenvalue weighted by molar-refractivity contribution is 0.0724. The van der Waals surface area contributed by atoms with Crippen LogP contribution in [0.4, 0.5) is 4.39 Å². The number of nitrogens with two attached hydrogens (primary N) is 1. The summed E-state index contributed by atoms with van der Waals surface area (Å²) >= 11 is 5.72. The Balaban J connectivity index is 2.72. The highest BCUT2D eigenvalue weighted by atomic mass is 35.5. The SMILES string of the molecule is CCCC(OC)C(N)Cc1cccc(Cl)c1F. The van der Waals surface area contributed by atoms with Gasteiger partial charge in [0.05, 0.1) is 11.1 Å². The Kier molecular flexibility index (Phi) is 5.89. The Morgan fingerprint density at radius 3 is 2.76 bits per heavy atom. The topological polar surface area (TPSA) is 35.2 Å². The second kappa shape index (κ2) is 6.94. The maximum absolute atomic E-state index is 13.7. The van der Waals surface area contributed by atoms with Crippen molar-refractivity contribution in [2.24, 2.45) is 5.73 Å².